The lowest BCUT2D eigenvalue weighted by Crippen LogP contribution is -2.29. The number of aliphatic hydroxyl groups excluding tert-OH is 1. The maximum Gasteiger partial charge on any atom is 0.260 e. The summed E-state index contributed by atoms with van der Waals surface area (Å²) in [6, 6.07) is 8.51. The van der Waals surface area contributed by atoms with Gasteiger partial charge in [-0.25, -0.2) is 17.7 Å². The summed E-state index contributed by atoms with van der Waals surface area (Å²) < 4.78 is 26.7. The molecule has 1 fully saturated rings. The molecule has 0 spiro atoms. The predicted molar refractivity (Wildman–Crippen MR) is 112 cm³/mol. The first-order valence-electron chi connectivity index (χ1n) is 9.57. The summed E-state index contributed by atoms with van der Waals surface area (Å²) in [4.78, 5) is 18.8. The van der Waals surface area contributed by atoms with Gasteiger partial charge in [0.1, 0.15) is 5.82 Å². The quantitative estimate of drug-likeness (QED) is 0.797. The van der Waals surface area contributed by atoms with Gasteiger partial charge < -0.3 is 15.3 Å². The number of aromatic nitrogens is 1. The van der Waals surface area contributed by atoms with Crippen molar-refractivity contribution < 1.29 is 18.3 Å². The monoisotopic (exact) mass is 416 g/mol. The van der Waals surface area contributed by atoms with Crippen LogP contribution in [-0.4, -0.2) is 49.9 Å². The lowest BCUT2D eigenvalue weighted by atomic mass is 9.93. The minimum absolute atomic E-state index is 0.160. The third kappa shape index (κ3) is 3.67. The smallest absolute Gasteiger partial charge is 0.260 e. The summed E-state index contributed by atoms with van der Waals surface area (Å²) in [5.74, 6) is 0.246. The molecular weight excluding hydrogens is 392 g/mol. The zero-order valence-corrected chi connectivity index (χ0v) is 17.2. The van der Waals surface area contributed by atoms with E-state index in [0.717, 1.165) is 31.9 Å². The molecule has 0 saturated heterocycles. The molecule has 8 nitrogen and oxygen atoms in total. The summed E-state index contributed by atoms with van der Waals surface area (Å²) in [6.45, 7) is 0. The number of hydrogen-bond donors (Lipinski definition) is 2. The number of nitrogens with one attached hydrogen (secondary N) is 1. The second-order valence-corrected chi connectivity index (χ2v) is 9.45. The predicted octanol–water partition coefficient (Wildman–Crippen LogP) is 2.48. The molecule has 0 unspecified atom stereocenters. The largest absolute Gasteiger partial charge is 0.393 e. The third-order valence-electron chi connectivity index (χ3n) is 5.48. The van der Waals surface area contributed by atoms with Crippen molar-refractivity contribution in [3.63, 3.8) is 0 Å². The second kappa shape index (κ2) is 7.31. The molecule has 1 aromatic heterocycles. The summed E-state index contributed by atoms with van der Waals surface area (Å²) in [6.07, 6.45) is 5.47. The molecular formula is C20H24N4O4S. The van der Waals surface area contributed by atoms with Crippen LogP contribution in [0.1, 0.15) is 36.0 Å². The highest BCUT2D eigenvalue weighted by Crippen LogP contribution is 2.42. The fourth-order valence-corrected chi connectivity index (χ4v) is 5.00. The van der Waals surface area contributed by atoms with E-state index in [4.69, 9.17) is 0 Å². The molecule has 0 radical (unpaired) electrons. The van der Waals surface area contributed by atoms with Crippen LogP contribution in [0, 0.1) is 0 Å². The van der Waals surface area contributed by atoms with Crippen LogP contribution < -0.4 is 14.5 Å². The number of carbonyl (C=O) groups is 1. The normalized spacial score (nSPS) is 22.0. The highest BCUT2D eigenvalue weighted by atomic mass is 32.2. The molecule has 0 atom stereocenters. The van der Waals surface area contributed by atoms with Gasteiger partial charge >= 0.3 is 0 Å². The van der Waals surface area contributed by atoms with E-state index >= 15 is 0 Å². The lowest BCUT2D eigenvalue weighted by Gasteiger charge is -2.28. The Bertz CT molecular complexity index is 1050. The van der Waals surface area contributed by atoms with E-state index in [1.54, 1.807) is 37.4 Å². The minimum atomic E-state index is -3.71. The van der Waals surface area contributed by atoms with Gasteiger partial charge in [0.05, 0.1) is 41.2 Å². The molecule has 4 rings (SSSR count). The molecule has 0 bridgehead atoms. The highest BCUT2D eigenvalue weighted by Gasteiger charge is 2.34. The maximum atomic E-state index is 12.9. The van der Waals surface area contributed by atoms with E-state index in [2.05, 4.69) is 10.3 Å². The molecule has 2 aromatic rings. The van der Waals surface area contributed by atoms with Crippen LogP contribution in [0.2, 0.25) is 0 Å². The molecule has 1 aliphatic heterocycles. The Morgan fingerprint density at radius 2 is 1.79 bits per heavy atom. The molecule has 29 heavy (non-hydrogen) atoms. The highest BCUT2D eigenvalue weighted by molar-refractivity contribution is 7.92. The number of nitrogens with zero attached hydrogens (tertiary/aromatic N) is 3. The lowest BCUT2D eigenvalue weighted by molar-refractivity contribution is 0.0994. The SMILES string of the molecule is CN1C(=O)c2ccccc2N(S(C)(=O)=O)c2cc(NC3CCC(O)CC3)ncc21. The number of carbonyl (C=O) groups excluding carboxylic acids is 1. The van der Waals surface area contributed by atoms with Crippen molar-refractivity contribution in [3.8, 4) is 0 Å². The number of aliphatic hydroxyl groups is 1. The fraction of sp³-hybridized carbons (Fsp3) is 0.400. The Kier molecular flexibility index (Phi) is 4.95. The van der Waals surface area contributed by atoms with Gasteiger partial charge in [0.2, 0.25) is 10.0 Å². The summed E-state index contributed by atoms with van der Waals surface area (Å²) in [7, 11) is -2.10. The van der Waals surface area contributed by atoms with E-state index in [1.165, 1.54) is 15.4 Å². The van der Waals surface area contributed by atoms with Crippen molar-refractivity contribution in [3.05, 3.63) is 42.1 Å². The number of rotatable bonds is 3. The first-order valence-corrected chi connectivity index (χ1v) is 11.4. The second-order valence-electron chi connectivity index (χ2n) is 7.62. The number of para-hydroxylation sites is 1. The maximum absolute atomic E-state index is 12.9. The van der Waals surface area contributed by atoms with Crippen LogP contribution in [0.15, 0.2) is 36.5 Å². The number of sulfonamides is 1. The van der Waals surface area contributed by atoms with Crippen LogP contribution in [0.4, 0.5) is 22.9 Å². The van der Waals surface area contributed by atoms with E-state index < -0.39 is 10.0 Å². The minimum Gasteiger partial charge on any atom is -0.393 e. The Balaban J connectivity index is 1.81. The van der Waals surface area contributed by atoms with Gasteiger partial charge in [-0.05, 0) is 37.8 Å². The standard InChI is InChI=1S/C20H24N4O4S/c1-23-18-12-21-19(22-13-7-9-14(25)10-8-13)11-17(18)24(29(2,27)28)16-6-4-3-5-15(16)20(23)26/h3-6,11-14,25H,7-10H2,1-2H3,(H,21,22). The fourth-order valence-electron chi connectivity index (χ4n) is 3.98. The Morgan fingerprint density at radius 3 is 2.48 bits per heavy atom. The van der Waals surface area contributed by atoms with E-state index in [9.17, 15) is 18.3 Å². The Labute approximate surface area is 170 Å². The van der Waals surface area contributed by atoms with Crippen molar-refractivity contribution in [2.24, 2.45) is 0 Å². The Morgan fingerprint density at radius 1 is 1.10 bits per heavy atom. The van der Waals surface area contributed by atoms with Crippen LogP contribution in [0.5, 0.6) is 0 Å². The van der Waals surface area contributed by atoms with Gasteiger partial charge in [0, 0.05) is 19.2 Å². The third-order valence-corrected chi connectivity index (χ3v) is 6.54. The molecule has 1 aromatic carbocycles. The number of fused-ring (bicyclic) bond motifs is 2. The van der Waals surface area contributed by atoms with Crippen LogP contribution in [-0.2, 0) is 10.0 Å². The number of pyridine rings is 1. The summed E-state index contributed by atoms with van der Waals surface area (Å²) >= 11 is 0. The average Bonchev–Trinajstić information content (AvgIpc) is 2.77. The van der Waals surface area contributed by atoms with Gasteiger partial charge in [0.15, 0.2) is 0 Å². The molecule has 1 amide bonds. The number of benzene rings is 1. The first-order chi connectivity index (χ1) is 13.8. The van der Waals surface area contributed by atoms with Crippen molar-refractivity contribution >= 4 is 38.8 Å². The van der Waals surface area contributed by atoms with Gasteiger partial charge in [0.25, 0.3) is 5.91 Å². The van der Waals surface area contributed by atoms with E-state index in [1.807, 2.05) is 0 Å². The van der Waals surface area contributed by atoms with Crippen molar-refractivity contribution in [2.75, 3.05) is 27.8 Å². The average molecular weight is 417 g/mol. The van der Waals surface area contributed by atoms with E-state index in [0.29, 0.717) is 28.4 Å². The van der Waals surface area contributed by atoms with Gasteiger partial charge in [-0.2, -0.15) is 0 Å². The molecule has 1 aliphatic carbocycles. The van der Waals surface area contributed by atoms with Gasteiger partial charge in [-0.1, -0.05) is 12.1 Å². The molecule has 1 saturated carbocycles. The summed E-state index contributed by atoms with van der Waals surface area (Å²) in [5, 5.41) is 13.0. The summed E-state index contributed by atoms with van der Waals surface area (Å²) in [5.41, 5.74) is 1.43. The van der Waals surface area contributed by atoms with Crippen molar-refractivity contribution in [1.29, 1.82) is 0 Å². The van der Waals surface area contributed by atoms with E-state index in [-0.39, 0.29) is 18.1 Å². The molecule has 2 N–H and O–H groups in total. The number of anilines is 4. The first kappa shape index (κ1) is 19.7. The van der Waals surface area contributed by atoms with Crippen molar-refractivity contribution in [2.45, 2.75) is 37.8 Å². The number of hydrogen-bond acceptors (Lipinski definition) is 6. The van der Waals surface area contributed by atoms with Crippen molar-refractivity contribution in [1.82, 2.24) is 4.98 Å². The zero-order chi connectivity index (χ0) is 20.8. The molecule has 2 heterocycles. The number of amides is 1. The Hall–Kier alpha value is -2.65. The van der Waals surface area contributed by atoms with Crippen LogP contribution in [0.25, 0.3) is 0 Å². The van der Waals surface area contributed by atoms with Gasteiger partial charge in [-0.3, -0.25) is 4.79 Å². The zero-order valence-electron chi connectivity index (χ0n) is 16.4. The topological polar surface area (TPSA) is 103 Å². The molecule has 9 heteroatoms. The van der Waals surface area contributed by atoms with Crippen LogP contribution >= 0.6 is 0 Å². The van der Waals surface area contributed by atoms with Crippen LogP contribution in [0.3, 0.4) is 0 Å². The molecule has 2 aliphatic rings. The van der Waals surface area contributed by atoms with Gasteiger partial charge in [-0.15, -0.1) is 0 Å². The molecule has 154 valence electrons.